The number of carbonyl (C=O) groups excluding carboxylic acids is 1. The summed E-state index contributed by atoms with van der Waals surface area (Å²) in [7, 11) is -2.43. The number of amidine groups is 1. The second-order valence-corrected chi connectivity index (χ2v) is 9.40. The number of hydrogen-bond acceptors (Lipinski definition) is 5. The summed E-state index contributed by atoms with van der Waals surface area (Å²) >= 11 is 1.13. The number of benzene rings is 3. The smallest absolute Gasteiger partial charge is 0.284 e. The van der Waals surface area contributed by atoms with Crippen molar-refractivity contribution in [2.45, 2.75) is 17.1 Å². The summed E-state index contributed by atoms with van der Waals surface area (Å²) in [4.78, 5) is 14.1. The summed E-state index contributed by atoms with van der Waals surface area (Å²) in [6.45, 7) is 1.73. The van der Waals surface area contributed by atoms with Crippen molar-refractivity contribution in [1.82, 2.24) is 0 Å². The molecule has 1 atom stereocenters. The molecule has 29 heavy (non-hydrogen) atoms. The number of thioether (sulfide) groups is 1. The Balaban J connectivity index is 1.75. The van der Waals surface area contributed by atoms with Crippen molar-refractivity contribution in [1.29, 1.82) is 0 Å². The number of nitrogens with zero attached hydrogens (tertiary/aromatic N) is 2. The van der Waals surface area contributed by atoms with Crippen LogP contribution in [0.5, 0.6) is 5.75 Å². The van der Waals surface area contributed by atoms with Crippen LogP contribution in [0.15, 0.2) is 76.0 Å². The van der Waals surface area contributed by atoms with E-state index in [1.165, 1.54) is 11.0 Å². The Kier molecular flexibility index (Phi) is 5.06. The maximum Gasteiger partial charge on any atom is 0.284 e. The lowest BCUT2D eigenvalue weighted by atomic mass is 10.1. The van der Waals surface area contributed by atoms with Crippen molar-refractivity contribution in [2.75, 3.05) is 12.0 Å². The summed E-state index contributed by atoms with van der Waals surface area (Å²) in [5.41, 5.74) is 0.542. The third-order valence-corrected chi connectivity index (χ3v) is 7.01. The highest BCUT2D eigenvalue weighted by Gasteiger charge is 2.37. The number of amides is 1. The fraction of sp³-hybridized carbons (Fsp3) is 0.143. The van der Waals surface area contributed by atoms with Gasteiger partial charge in [0.05, 0.1) is 22.9 Å². The van der Waals surface area contributed by atoms with Gasteiger partial charge in [-0.15, -0.1) is 4.40 Å². The molecule has 1 fully saturated rings. The third-order valence-electron chi connectivity index (χ3n) is 4.59. The Morgan fingerprint density at radius 3 is 2.38 bits per heavy atom. The predicted molar refractivity (Wildman–Crippen MR) is 116 cm³/mol. The van der Waals surface area contributed by atoms with Crippen LogP contribution in [-0.2, 0) is 14.8 Å². The molecule has 0 saturated carbocycles. The van der Waals surface area contributed by atoms with Crippen LogP contribution in [0.2, 0.25) is 0 Å². The first-order chi connectivity index (χ1) is 13.9. The zero-order chi connectivity index (χ0) is 20.6. The number of sulfonamides is 1. The minimum Gasteiger partial charge on any atom is -0.497 e. The Morgan fingerprint density at radius 2 is 1.69 bits per heavy atom. The summed E-state index contributed by atoms with van der Waals surface area (Å²) < 4.78 is 35.1. The van der Waals surface area contributed by atoms with E-state index in [0.29, 0.717) is 11.4 Å². The highest BCUT2D eigenvalue weighted by atomic mass is 32.2. The van der Waals surface area contributed by atoms with Crippen LogP contribution in [0.3, 0.4) is 0 Å². The molecule has 3 aromatic rings. The average Bonchev–Trinajstić information content (AvgIpc) is 3.00. The largest absolute Gasteiger partial charge is 0.497 e. The molecule has 0 bridgehead atoms. The molecule has 0 aromatic heterocycles. The first kappa shape index (κ1) is 19.5. The topological polar surface area (TPSA) is 76.0 Å². The van der Waals surface area contributed by atoms with Crippen molar-refractivity contribution in [3.8, 4) is 5.75 Å². The number of anilines is 1. The summed E-state index contributed by atoms with van der Waals surface area (Å²) in [6.07, 6.45) is 0. The van der Waals surface area contributed by atoms with E-state index in [0.717, 1.165) is 22.5 Å². The molecule has 0 N–H and O–H groups in total. The first-order valence-corrected chi connectivity index (χ1v) is 11.2. The minimum absolute atomic E-state index is 0.0889. The second kappa shape index (κ2) is 7.53. The average molecular weight is 427 g/mol. The summed E-state index contributed by atoms with van der Waals surface area (Å²) in [5.74, 6) is 0.427. The van der Waals surface area contributed by atoms with Crippen molar-refractivity contribution < 1.29 is 17.9 Å². The number of methoxy groups -OCH3 is 1. The second-order valence-electron chi connectivity index (χ2n) is 6.49. The summed E-state index contributed by atoms with van der Waals surface area (Å²) in [6, 6.07) is 19.2. The van der Waals surface area contributed by atoms with Crippen molar-refractivity contribution in [3.05, 3.63) is 66.7 Å². The monoisotopic (exact) mass is 426 g/mol. The molecule has 0 radical (unpaired) electrons. The van der Waals surface area contributed by atoms with Crippen LogP contribution in [0, 0.1) is 0 Å². The van der Waals surface area contributed by atoms with Gasteiger partial charge >= 0.3 is 0 Å². The van der Waals surface area contributed by atoms with Crippen LogP contribution < -0.4 is 9.64 Å². The van der Waals surface area contributed by atoms with Crippen LogP contribution in [0.1, 0.15) is 6.92 Å². The highest BCUT2D eigenvalue weighted by Crippen LogP contribution is 2.34. The molecule has 6 nitrogen and oxygen atoms in total. The maximum atomic E-state index is 13.0. The molecule has 0 aliphatic carbocycles. The van der Waals surface area contributed by atoms with E-state index in [9.17, 15) is 13.2 Å². The molecule has 148 valence electrons. The van der Waals surface area contributed by atoms with E-state index >= 15 is 0 Å². The van der Waals surface area contributed by atoms with Gasteiger partial charge in [-0.25, -0.2) is 0 Å². The summed E-state index contributed by atoms with van der Waals surface area (Å²) in [5, 5.41) is 1.46. The molecule has 1 unspecified atom stereocenters. The predicted octanol–water partition coefficient (Wildman–Crippen LogP) is 4.06. The SMILES string of the molecule is COc1ccc(N2C(=O)C(C)S/C2=N\S(=O)(=O)c2ccc3ccccc3c2)cc1. The number of ether oxygens (including phenoxy) is 1. The van der Waals surface area contributed by atoms with Crippen molar-refractivity contribution in [3.63, 3.8) is 0 Å². The van der Waals surface area contributed by atoms with Gasteiger partial charge < -0.3 is 4.74 Å². The van der Waals surface area contributed by atoms with Crippen LogP contribution in [-0.4, -0.2) is 31.9 Å². The molecular formula is C21H18N2O4S2. The Labute approximate surface area is 173 Å². The fourth-order valence-corrected chi connectivity index (χ4v) is 5.25. The Hall–Kier alpha value is -2.84. The lowest BCUT2D eigenvalue weighted by Crippen LogP contribution is -2.31. The molecule has 1 amide bonds. The number of carbonyl (C=O) groups is 1. The fourth-order valence-electron chi connectivity index (χ4n) is 3.05. The van der Waals surface area contributed by atoms with Gasteiger partial charge in [0, 0.05) is 0 Å². The lowest BCUT2D eigenvalue weighted by Gasteiger charge is -2.16. The van der Waals surface area contributed by atoms with Gasteiger partial charge in [-0.3, -0.25) is 9.69 Å². The van der Waals surface area contributed by atoms with Gasteiger partial charge in [-0.2, -0.15) is 8.42 Å². The Morgan fingerprint density at radius 1 is 1.00 bits per heavy atom. The van der Waals surface area contributed by atoms with Gasteiger partial charge in [0.1, 0.15) is 5.75 Å². The van der Waals surface area contributed by atoms with E-state index in [1.807, 2.05) is 24.3 Å². The molecule has 4 rings (SSSR count). The molecule has 8 heteroatoms. The van der Waals surface area contributed by atoms with Crippen LogP contribution >= 0.6 is 11.8 Å². The highest BCUT2D eigenvalue weighted by molar-refractivity contribution is 8.16. The van der Waals surface area contributed by atoms with E-state index < -0.39 is 15.3 Å². The van der Waals surface area contributed by atoms with E-state index in [1.54, 1.807) is 50.4 Å². The van der Waals surface area contributed by atoms with Gasteiger partial charge in [0.15, 0.2) is 5.17 Å². The quantitative estimate of drug-likeness (QED) is 0.629. The van der Waals surface area contributed by atoms with Crippen LogP contribution in [0.4, 0.5) is 5.69 Å². The van der Waals surface area contributed by atoms with Gasteiger partial charge in [-0.05, 0) is 54.1 Å². The van der Waals surface area contributed by atoms with Crippen molar-refractivity contribution >= 4 is 49.3 Å². The molecular weight excluding hydrogens is 408 g/mol. The third kappa shape index (κ3) is 3.73. The standard InChI is InChI=1S/C21H18N2O4S2/c1-14-20(24)23(17-8-10-18(27-2)11-9-17)21(28-14)22-29(25,26)19-12-7-15-5-3-4-6-16(15)13-19/h3-14H,1-2H3/b22-21-. The zero-order valence-corrected chi connectivity index (χ0v) is 17.4. The molecule has 1 saturated heterocycles. The van der Waals surface area contributed by atoms with E-state index in [2.05, 4.69) is 4.40 Å². The van der Waals surface area contributed by atoms with Crippen LogP contribution in [0.25, 0.3) is 10.8 Å². The normalized spacial score (nSPS) is 18.6. The zero-order valence-electron chi connectivity index (χ0n) is 15.8. The number of rotatable bonds is 4. The molecule has 1 aliphatic heterocycles. The molecule has 3 aromatic carbocycles. The maximum absolute atomic E-state index is 13.0. The molecule has 1 aliphatic rings. The first-order valence-electron chi connectivity index (χ1n) is 8.87. The number of hydrogen-bond donors (Lipinski definition) is 0. The van der Waals surface area contributed by atoms with E-state index in [-0.39, 0.29) is 16.0 Å². The molecule has 1 heterocycles. The van der Waals surface area contributed by atoms with Gasteiger partial charge in [0.25, 0.3) is 10.0 Å². The number of fused-ring (bicyclic) bond motifs is 1. The Bertz CT molecular complexity index is 1220. The van der Waals surface area contributed by atoms with E-state index in [4.69, 9.17) is 4.74 Å². The molecule has 0 spiro atoms. The lowest BCUT2D eigenvalue weighted by molar-refractivity contribution is -0.116. The van der Waals surface area contributed by atoms with Gasteiger partial charge in [-0.1, -0.05) is 42.1 Å². The minimum atomic E-state index is -3.99. The van der Waals surface area contributed by atoms with Gasteiger partial charge in [0.2, 0.25) is 5.91 Å². The van der Waals surface area contributed by atoms with Crippen molar-refractivity contribution in [2.24, 2.45) is 4.40 Å².